The molecule has 0 aromatic heterocycles. The Hall–Kier alpha value is -3.42. The Morgan fingerprint density at radius 3 is 2.36 bits per heavy atom. The number of imide groups is 1. The van der Waals surface area contributed by atoms with Gasteiger partial charge >= 0.3 is 0 Å². The lowest BCUT2D eigenvalue weighted by atomic mass is 10.1. The number of hydrogen-bond donors (Lipinski definition) is 2. The van der Waals surface area contributed by atoms with E-state index in [-0.39, 0.29) is 16.6 Å². The Labute approximate surface area is 204 Å². The second kappa shape index (κ2) is 10.0. The number of nitrogens with zero attached hydrogens (tertiary/aromatic N) is 1. The summed E-state index contributed by atoms with van der Waals surface area (Å²) in [6.07, 6.45) is 0.718. The van der Waals surface area contributed by atoms with E-state index in [2.05, 4.69) is 26.6 Å². The van der Waals surface area contributed by atoms with E-state index < -0.39 is 11.8 Å². The Morgan fingerprint density at radius 2 is 1.64 bits per heavy atom. The first-order valence-corrected chi connectivity index (χ1v) is 11.3. The van der Waals surface area contributed by atoms with Gasteiger partial charge in [0, 0.05) is 22.3 Å². The van der Waals surface area contributed by atoms with Crippen molar-refractivity contribution < 1.29 is 14.4 Å². The lowest BCUT2D eigenvalue weighted by molar-refractivity contribution is -0.120. The van der Waals surface area contributed by atoms with Crippen LogP contribution in [0, 0.1) is 0 Å². The van der Waals surface area contributed by atoms with Crippen LogP contribution in [0.15, 0.2) is 94.1 Å². The number of amides is 3. The van der Waals surface area contributed by atoms with Crippen LogP contribution in [0.3, 0.4) is 0 Å². The molecule has 2 N–H and O–H groups in total. The van der Waals surface area contributed by atoms with Crippen LogP contribution in [0.5, 0.6) is 0 Å². The maximum Gasteiger partial charge on any atom is 0.283 e. The minimum absolute atomic E-state index is 0.0359. The van der Waals surface area contributed by atoms with Crippen molar-refractivity contribution in [3.05, 3.63) is 105 Å². The number of carbonyl (C=O) groups is 3. The van der Waals surface area contributed by atoms with Gasteiger partial charge in [-0.1, -0.05) is 63.9 Å². The van der Waals surface area contributed by atoms with Crippen molar-refractivity contribution in [3.8, 4) is 0 Å². The topological polar surface area (TPSA) is 78.5 Å². The van der Waals surface area contributed by atoms with E-state index in [4.69, 9.17) is 11.6 Å². The van der Waals surface area contributed by atoms with Crippen LogP contribution in [0.2, 0.25) is 0 Å². The number of nitrogens with one attached hydrogen (secondary N) is 2. The van der Waals surface area contributed by atoms with Gasteiger partial charge in [-0.3, -0.25) is 14.4 Å². The van der Waals surface area contributed by atoms with Crippen molar-refractivity contribution >= 4 is 56.6 Å². The second-order valence-electron chi connectivity index (χ2n) is 7.31. The molecule has 0 aliphatic carbocycles. The van der Waals surface area contributed by atoms with Gasteiger partial charge in [0.15, 0.2) is 0 Å². The fraction of sp³-hybridized carbons (Fsp3) is 0.0800. The van der Waals surface area contributed by atoms with Crippen LogP contribution >= 0.6 is 27.5 Å². The predicted octanol–water partition coefficient (Wildman–Crippen LogP) is 4.86. The van der Waals surface area contributed by atoms with E-state index >= 15 is 0 Å². The van der Waals surface area contributed by atoms with E-state index in [1.165, 1.54) is 0 Å². The summed E-state index contributed by atoms with van der Waals surface area (Å²) in [5, 5.41) is 5.59. The monoisotopic (exact) mass is 523 g/mol. The smallest absolute Gasteiger partial charge is 0.283 e. The summed E-state index contributed by atoms with van der Waals surface area (Å²) in [7, 11) is 0. The molecule has 0 saturated carbocycles. The van der Waals surface area contributed by atoms with E-state index in [1.54, 1.807) is 48.5 Å². The van der Waals surface area contributed by atoms with Crippen molar-refractivity contribution in [1.29, 1.82) is 0 Å². The van der Waals surface area contributed by atoms with Gasteiger partial charge in [0.2, 0.25) is 0 Å². The van der Waals surface area contributed by atoms with Crippen molar-refractivity contribution in [1.82, 2.24) is 5.32 Å². The standard InChI is InChI=1S/C25H19BrClN3O3/c26-18-9-11-20(12-10-18)30-24(32)21(27)22(25(30)33)29-19-8-4-7-17(15-19)23(31)28-14-13-16-5-2-1-3-6-16/h1-12,15,29H,13-14H2,(H,28,31). The lowest BCUT2D eigenvalue weighted by Crippen LogP contribution is -2.32. The average Bonchev–Trinajstić information content (AvgIpc) is 3.03. The maximum atomic E-state index is 12.9. The molecule has 0 radical (unpaired) electrons. The van der Waals surface area contributed by atoms with Gasteiger partial charge in [-0.2, -0.15) is 0 Å². The molecular formula is C25H19BrClN3O3. The third kappa shape index (κ3) is 5.16. The molecule has 3 amide bonds. The minimum Gasteiger partial charge on any atom is -0.352 e. The van der Waals surface area contributed by atoms with E-state index in [0.717, 1.165) is 21.4 Å². The molecule has 0 bridgehead atoms. The number of benzene rings is 3. The summed E-state index contributed by atoms with van der Waals surface area (Å²) in [4.78, 5) is 39.1. The molecule has 166 valence electrons. The third-order valence-corrected chi connectivity index (χ3v) is 5.93. The first kappa shape index (κ1) is 22.8. The third-order valence-electron chi connectivity index (χ3n) is 5.05. The highest BCUT2D eigenvalue weighted by atomic mass is 79.9. The molecule has 33 heavy (non-hydrogen) atoms. The predicted molar refractivity (Wildman–Crippen MR) is 132 cm³/mol. The SMILES string of the molecule is O=C(NCCc1ccccc1)c1cccc(NC2=C(Cl)C(=O)N(c3ccc(Br)cc3)C2=O)c1. The Bertz CT molecular complexity index is 1240. The van der Waals surface area contributed by atoms with Gasteiger partial charge in [0.1, 0.15) is 10.7 Å². The average molecular weight is 525 g/mol. The molecular weight excluding hydrogens is 506 g/mol. The molecule has 0 atom stereocenters. The van der Waals surface area contributed by atoms with Crippen molar-refractivity contribution in [2.75, 3.05) is 16.8 Å². The van der Waals surface area contributed by atoms with Crippen molar-refractivity contribution in [2.24, 2.45) is 0 Å². The maximum absolute atomic E-state index is 12.9. The molecule has 0 fully saturated rings. The summed E-state index contributed by atoms with van der Waals surface area (Å²) in [6, 6.07) is 23.3. The van der Waals surface area contributed by atoms with E-state index in [9.17, 15) is 14.4 Å². The highest BCUT2D eigenvalue weighted by Crippen LogP contribution is 2.30. The van der Waals surface area contributed by atoms with Crippen LogP contribution in [-0.4, -0.2) is 24.3 Å². The summed E-state index contributed by atoms with van der Waals surface area (Å²) in [6.45, 7) is 0.493. The number of carbonyl (C=O) groups excluding carboxylic acids is 3. The Morgan fingerprint density at radius 1 is 0.909 bits per heavy atom. The quantitative estimate of drug-likeness (QED) is 0.433. The van der Waals surface area contributed by atoms with Crippen LogP contribution in [0.1, 0.15) is 15.9 Å². The molecule has 3 aromatic rings. The zero-order chi connectivity index (χ0) is 23.4. The van der Waals surface area contributed by atoms with Gasteiger partial charge in [-0.15, -0.1) is 0 Å². The zero-order valence-electron chi connectivity index (χ0n) is 17.3. The Balaban J connectivity index is 1.44. The molecule has 6 nitrogen and oxygen atoms in total. The fourth-order valence-corrected chi connectivity index (χ4v) is 3.86. The highest BCUT2D eigenvalue weighted by molar-refractivity contribution is 9.10. The van der Waals surface area contributed by atoms with Crippen LogP contribution in [0.4, 0.5) is 11.4 Å². The molecule has 4 rings (SSSR count). The lowest BCUT2D eigenvalue weighted by Gasteiger charge is -2.15. The minimum atomic E-state index is -0.610. The molecule has 1 heterocycles. The molecule has 1 aliphatic rings. The normalized spacial score (nSPS) is 13.5. The first-order chi connectivity index (χ1) is 15.9. The zero-order valence-corrected chi connectivity index (χ0v) is 19.7. The van der Waals surface area contributed by atoms with Crippen LogP contribution < -0.4 is 15.5 Å². The van der Waals surface area contributed by atoms with Crippen molar-refractivity contribution in [2.45, 2.75) is 6.42 Å². The number of halogens is 2. The molecule has 0 saturated heterocycles. The first-order valence-electron chi connectivity index (χ1n) is 10.2. The van der Waals surface area contributed by atoms with Gasteiger partial charge < -0.3 is 10.6 Å². The largest absolute Gasteiger partial charge is 0.352 e. The highest BCUT2D eigenvalue weighted by Gasteiger charge is 2.38. The molecule has 8 heteroatoms. The summed E-state index contributed by atoms with van der Waals surface area (Å²) < 4.78 is 0.821. The number of hydrogen-bond acceptors (Lipinski definition) is 4. The fourth-order valence-electron chi connectivity index (χ4n) is 3.39. The van der Waals surface area contributed by atoms with Crippen LogP contribution in [0.25, 0.3) is 0 Å². The molecule has 1 aliphatic heterocycles. The van der Waals surface area contributed by atoms with Gasteiger partial charge in [0.25, 0.3) is 17.7 Å². The molecule has 3 aromatic carbocycles. The second-order valence-corrected chi connectivity index (χ2v) is 8.60. The number of anilines is 2. The van der Waals surface area contributed by atoms with Gasteiger partial charge in [0.05, 0.1) is 5.69 Å². The molecule has 0 spiro atoms. The Kier molecular flexibility index (Phi) is 6.91. The van der Waals surface area contributed by atoms with Crippen molar-refractivity contribution in [3.63, 3.8) is 0 Å². The molecule has 0 unspecified atom stereocenters. The van der Waals surface area contributed by atoms with E-state index in [1.807, 2.05) is 30.3 Å². The van der Waals surface area contributed by atoms with Gasteiger partial charge in [-0.25, -0.2) is 4.90 Å². The summed E-state index contributed by atoms with van der Waals surface area (Å²) in [5.41, 5.74) is 2.40. The van der Waals surface area contributed by atoms with E-state index in [0.29, 0.717) is 23.5 Å². The van der Waals surface area contributed by atoms with Gasteiger partial charge in [-0.05, 0) is 54.4 Å². The van der Waals surface area contributed by atoms with Crippen LogP contribution in [-0.2, 0) is 16.0 Å². The summed E-state index contributed by atoms with van der Waals surface area (Å²) >= 11 is 9.52. The summed E-state index contributed by atoms with van der Waals surface area (Å²) in [5.74, 6) is -1.41. The number of rotatable bonds is 7.